The number of pyridine rings is 2. The van der Waals surface area contributed by atoms with E-state index in [1.165, 1.54) is 12.3 Å². The van der Waals surface area contributed by atoms with Gasteiger partial charge in [-0.1, -0.05) is 18.2 Å². The van der Waals surface area contributed by atoms with Crippen LogP contribution in [0.25, 0.3) is 23.1 Å². The molecule has 0 saturated carbocycles. The van der Waals surface area contributed by atoms with Gasteiger partial charge < -0.3 is 15.0 Å². The van der Waals surface area contributed by atoms with Gasteiger partial charge in [-0.15, -0.1) is 0 Å². The molecule has 10 nitrogen and oxygen atoms in total. The molecule has 0 bridgehead atoms. The van der Waals surface area contributed by atoms with Gasteiger partial charge in [-0.3, -0.25) is 9.78 Å². The van der Waals surface area contributed by atoms with Crippen LogP contribution >= 0.6 is 0 Å². The Morgan fingerprint density at radius 3 is 2.62 bits per heavy atom. The molecule has 208 valence electrons. The van der Waals surface area contributed by atoms with Gasteiger partial charge in [-0.25, -0.2) is 13.4 Å². The number of ether oxygens (including phenoxy) is 1. The number of nitrogens with zero attached hydrogens (tertiary/aromatic N) is 5. The number of amides is 1. The first kappa shape index (κ1) is 27.5. The van der Waals surface area contributed by atoms with Crippen LogP contribution in [0.4, 0.5) is 5.82 Å². The van der Waals surface area contributed by atoms with Gasteiger partial charge in [0, 0.05) is 30.2 Å². The van der Waals surface area contributed by atoms with Crippen LogP contribution in [-0.4, -0.2) is 65.0 Å². The Kier molecular flexibility index (Phi) is 7.68. The molecular weight excluding hydrogens is 528 g/mol. The van der Waals surface area contributed by atoms with Gasteiger partial charge in [0.25, 0.3) is 15.9 Å². The molecule has 5 rings (SSSR count). The molecule has 1 aliphatic rings. The average molecular weight is 561 g/mol. The van der Waals surface area contributed by atoms with Gasteiger partial charge in [-0.2, -0.15) is 9.19 Å². The molecule has 40 heavy (non-hydrogen) atoms. The number of nitrogens with one attached hydrogen (secondary N) is 1. The molecular formula is C29H32N6O4S. The standard InChI is InChI=1S/C29H32N6O4S/c1-19-17-34(18-20(2)39-19)28-7-5-6-25(33-28)11-8-22-12-13-30-26(14-22)21(3)32-29(36)23-9-10-24-16-31-35(27(24)15-23)40(4,37)38/h5-16,19-21H,17-18H2,1-4H3,(H,32,36)/t19-,20+,21?. The van der Waals surface area contributed by atoms with E-state index in [0.717, 1.165) is 40.5 Å². The first-order valence-corrected chi connectivity index (χ1v) is 14.9. The second-order valence-corrected chi connectivity index (χ2v) is 12.0. The Hall–Kier alpha value is -4.09. The van der Waals surface area contributed by atoms with Crippen molar-refractivity contribution in [3.8, 4) is 0 Å². The molecule has 0 aliphatic carbocycles. The number of rotatable bonds is 7. The average Bonchev–Trinajstić information content (AvgIpc) is 3.36. The number of fused-ring (bicyclic) bond motifs is 1. The maximum Gasteiger partial charge on any atom is 0.251 e. The largest absolute Gasteiger partial charge is 0.372 e. The third kappa shape index (κ3) is 6.21. The van der Waals surface area contributed by atoms with Gasteiger partial charge in [-0.05, 0) is 68.8 Å². The maximum atomic E-state index is 13.0. The van der Waals surface area contributed by atoms with Crippen molar-refractivity contribution in [2.75, 3.05) is 24.2 Å². The summed E-state index contributed by atoms with van der Waals surface area (Å²) < 4.78 is 30.8. The van der Waals surface area contributed by atoms with Crippen LogP contribution in [0.5, 0.6) is 0 Å². The van der Waals surface area contributed by atoms with Crippen LogP contribution in [0.2, 0.25) is 0 Å². The number of morpholine rings is 1. The summed E-state index contributed by atoms with van der Waals surface area (Å²) in [5.74, 6) is 0.583. The van der Waals surface area contributed by atoms with Crippen LogP contribution in [0.15, 0.2) is 60.9 Å². The lowest BCUT2D eigenvalue weighted by Gasteiger charge is -2.36. The zero-order chi connectivity index (χ0) is 28.4. The quantitative estimate of drug-likeness (QED) is 0.361. The summed E-state index contributed by atoms with van der Waals surface area (Å²) >= 11 is 0. The fourth-order valence-electron chi connectivity index (χ4n) is 4.82. The summed E-state index contributed by atoms with van der Waals surface area (Å²) in [5, 5.41) is 7.50. The van der Waals surface area contributed by atoms with E-state index in [1.54, 1.807) is 18.3 Å². The van der Waals surface area contributed by atoms with Gasteiger partial charge in [0.2, 0.25) is 0 Å². The number of aromatic nitrogens is 4. The van der Waals surface area contributed by atoms with E-state index in [9.17, 15) is 13.2 Å². The molecule has 0 radical (unpaired) electrons. The van der Waals surface area contributed by atoms with E-state index in [4.69, 9.17) is 9.72 Å². The van der Waals surface area contributed by atoms with E-state index in [0.29, 0.717) is 22.2 Å². The zero-order valence-corrected chi connectivity index (χ0v) is 23.7. The Morgan fingerprint density at radius 2 is 1.88 bits per heavy atom. The van der Waals surface area contributed by atoms with Crippen LogP contribution in [0.3, 0.4) is 0 Å². The van der Waals surface area contributed by atoms with E-state index in [-0.39, 0.29) is 24.2 Å². The van der Waals surface area contributed by atoms with E-state index in [2.05, 4.69) is 34.1 Å². The highest BCUT2D eigenvalue weighted by atomic mass is 32.2. The SMILES string of the molecule is CC(NC(=O)c1ccc2cnn(S(C)(=O)=O)c2c1)c1cc(C=Cc2cccc(N3C[C@@H](C)O[C@@H](C)C3)n2)ccn1. The van der Waals surface area contributed by atoms with Crippen molar-refractivity contribution in [2.24, 2.45) is 0 Å². The highest BCUT2D eigenvalue weighted by Crippen LogP contribution is 2.21. The number of carbonyl (C=O) groups is 1. The molecule has 4 aromatic rings. The molecule has 1 aromatic carbocycles. The van der Waals surface area contributed by atoms with Gasteiger partial charge in [0.05, 0.1) is 47.6 Å². The summed E-state index contributed by atoms with van der Waals surface area (Å²) in [4.78, 5) is 24.5. The molecule has 1 N–H and O–H groups in total. The van der Waals surface area contributed by atoms with Crippen molar-refractivity contribution in [3.63, 3.8) is 0 Å². The van der Waals surface area contributed by atoms with Crippen LogP contribution < -0.4 is 10.2 Å². The number of anilines is 1. The minimum Gasteiger partial charge on any atom is -0.372 e. The zero-order valence-electron chi connectivity index (χ0n) is 22.9. The van der Waals surface area contributed by atoms with Crippen molar-refractivity contribution >= 4 is 44.8 Å². The number of hydrogen-bond acceptors (Lipinski definition) is 8. The summed E-state index contributed by atoms with van der Waals surface area (Å²) in [6.45, 7) is 7.60. The molecule has 3 aromatic heterocycles. The molecule has 1 amide bonds. The van der Waals surface area contributed by atoms with Gasteiger partial charge >= 0.3 is 0 Å². The first-order chi connectivity index (χ1) is 19.1. The van der Waals surface area contributed by atoms with Crippen molar-refractivity contribution < 1.29 is 17.9 Å². The molecule has 0 spiro atoms. The predicted molar refractivity (Wildman–Crippen MR) is 155 cm³/mol. The van der Waals surface area contributed by atoms with E-state index >= 15 is 0 Å². The molecule has 1 saturated heterocycles. The molecule has 1 aliphatic heterocycles. The molecule has 1 unspecified atom stereocenters. The molecule has 3 atom stereocenters. The Labute approximate surface area is 233 Å². The highest BCUT2D eigenvalue weighted by Gasteiger charge is 2.23. The Bertz CT molecular complexity index is 1670. The second kappa shape index (κ2) is 11.2. The topological polar surface area (TPSA) is 119 Å². The normalized spacial score (nSPS) is 18.8. The van der Waals surface area contributed by atoms with E-state index < -0.39 is 10.0 Å². The lowest BCUT2D eigenvalue weighted by Crippen LogP contribution is -2.45. The van der Waals surface area contributed by atoms with Gasteiger partial charge in [0.1, 0.15) is 5.82 Å². The predicted octanol–water partition coefficient (Wildman–Crippen LogP) is 3.91. The molecule has 1 fully saturated rings. The number of hydrogen-bond donors (Lipinski definition) is 1. The summed E-state index contributed by atoms with van der Waals surface area (Å²) in [6, 6.07) is 14.3. The summed E-state index contributed by atoms with van der Waals surface area (Å²) in [6.07, 6.45) is 8.46. The number of benzene rings is 1. The van der Waals surface area contributed by atoms with Crippen LogP contribution in [0.1, 0.15) is 54.1 Å². The van der Waals surface area contributed by atoms with Crippen molar-refractivity contribution in [2.45, 2.75) is 39.0 Å². The molecule has 4 heterocycles. The Balaban J connectivity index is 1.28. The maximum absolute atomic E-state index is 13.0. The first-order valence-electron chi connectivity index (χ1n) is 13.1. The van der Waals surface area contributed by atoms with Crippen molar-refractivity contribution in [1.82, 2.24) is 24.5 Å². The fourth-order valence-corrected chi connectivity index (χ4v) is 5.55. The van der Waals surface area contributed by atoms with Crippen molar-refractivity contribution in [1.29, 1.82) is 0 Å². The fraction of sp³-hybridized carbons (Fsp3) is 0.310. The summed E-state index contributed by atoms with van der Waals surface area (Å²) in [7, 11) is -3.59. The third-order valence-electron chi connectivity index (χ3n) is 6.66. The van der Waals surface area contributed by atoms with Crippen molar-refractivity contribution in [3.05, 3.63) is 83.4 Å². The lowest BCUT2D eigenvalue weighted by molar-refractivity contribution is -0.00546. The molecule has 11 heteroatoms. The number of carbonyl (C=O) groups excluding carboxylic acids is 1. The minimum atomic E-state index is -3.59. The Morgan fingerprint density at radius 1 is 1.10 bits per heavy atom. The monoisotopic (exact) mass is 560 g/mol. The minimum absolute atomic E-state index is 0.154. The summed E-state index contributed by atoms with van der Waals surface area (Å²) in [5.41, 5.74) is 3.13. The third-order valence-corrected chi connectivity index (χ3v) is 7.58. The highest BCUT2D eigenvalue weighted by molar-refractivity contribution is 7.89. The lowest BCUT2D eigenvalue weighted by atomic mass is 10.1. The van der Waals surface area contributed by atoms with Gasteiger partial charge in [0.15, 0.2) is 0 Å². The van der Waals surface area contributed by atoms with E-state index in [1.807, 2.05) is 49.4 Å². The van der Waals surface area contributed by atoms with Crippen LogP contribution in [-0.2, 0) is 14.8 Å². The second-order valence-electron chi connectivity index (χ2n) is 10.1. The smallest absolute Gasteiger partial charge is 0.251 e. The van der Waals surface area contributed by atoms with Crippen LogP contribution in [0, 0.1) is 0 Å².